The zero-order valence-corrected chi connectivity index (χ0v) is 26.2. The second-order valence-electron chi connectivity index (χ2n) is 10.9. The Hall–Kier alpha value is -4.27. The van der Waals surface area contributed by atoms with Crippen LogP contribution < -0.4 is 27.0 Å². The van der Waals surface area contributed by atoms with Gasteiger partial charge in [-0.1, -0.05) is 60.7 Å². The minimum absolute atomic E-state index is 0.0568. The fourth-order valence-electron chi connectivity index (χ4n) is 5.27. The number of benzene rings is 2. The van der Waals surface area contributed by atoms with Gasteiger partial charge >= 0.3 is 5.97 Å². The summed E-state index contributed by atoms with van der Waals surface area (Å²) in [6.07, 6.45) is 0. The van der Waals surface area contributed by atoms with Crippen LogP contribution in [-0.2, 0) is 24.0 Å². The van der Waals surface area contributed by atoms with Crippen molar-refractivity contribution in [3.63, 3.8) is 0 Å². The van der Waals surface area contributed by atoms with E-state index in [0.29, 0.717) is 28.2 Å². The molecule has 4 amide bonds. The molecule has 7 N–H and O–H groups in total. The molecule has 3 aliphatic rings. The van der Waals surface area contributed by atoms with Gasteiger partial charge < -0.3 is 32.1 Å². The molecular formula is C31H34N6O6S2. The topological polar surface area (TPSA) is 183 Å². The number of nitrogens with one attached hydrogen (secondary N) is 4. The third kappa shape index (κ3) is 6.87. The second kappa shape index (κ2) is 13.8. The zero-order valence-electron chi connectivity index (χ0n) is 24.6. The van der Waals surface area contributed by atoms with Gasteiger partial charge in [-0.15, -0.1) is 23.5 Å². The van der Waals surface area contributed by atoms with Crippen LogP contribution in [-0.4, -0.2) is 74.4 Å². The van der Waals surface area contributed by atoms with Gasteiger partial charge in [0.05, 0.1) is 5.37 Å². The largest absolute Gasteiger partial charge is 0.477 e. The maximum Gasteiger partial charge on any atom is 0.352 e. The van der Waals surface area contributed by atoms with Gasteiger partial charge in [-0.05, 0) is 36.1 Å². The van der Waals surface area contributed by atoms with E-state index in [1.807, 2.05) is 25.1 Å². The first kappa shape index (κ1) is 32.1. The highest BCUT2D eigenvalue weighted by Gasteiger charge is 2.54. The predicted molar refractivity (Wildman–Crippen MR) is 171 cm³/mol. The van der Waals surface area contributed by atoms with Crippen molar-refractivity contribution >= 4 is 53.1 Å². The highest BCUT2D eigenvalue weighted by molar-refractivity contribution is 8.00. The molecule has 0 saturated carbocycles. The van der Waals surface area contributed by atoms with E-state index in [4.69, 9.17) is 5.73 Å². The molecular weight excluding hydrogens is 617 g/mol. The number of hydrogen-bond donors (Lipinski definition) is 6. The number of nitrogens with zero attached hydrogens (tertiary/aromatic N) is 1. The van der Waals surface area contributed by atoms with Crippen LogP contribution in [0.3, 0.4) is 0 Å². The first-order valence-electron chi connectivity index (χ1n) is 14.3. The summed E-state index contributed by atoms with van der Waals surface area (Å²) in [5.41, 5.74) is 8.87. The number of carboxylic acid groups (broad SMARTS) is 1. The number of rotatable bonds is 10. The van der Waals surface area contributed by atoms with Gasteiger partial charge in [0.15, 0.2) is 0 Å². The molecule has 0 bridgehead atoms. The highest BCUT2D eigenvalue weighted by Crippen LogP contribution is 2.40. The molecule has 5 rings (SSSR count). The van der Waals surface area contributed by atoms with Crippen LogP contribution >= 0.6 is 23.5 Å². The Morgan fingerprint density at radius 1 is 0.956 bits per heavy atom. The fourth-order valence-corrected chi connectivity index (χ4v) is 7.56. The fraction of sp³-hybridized carbons (Fsp3) is 0.323. The molecule has 0 radical (unpaired) electrons. The summed E-state index contributed by atoms with van der Waals surface area (Å²) in [6.45, 7) is 3.69. The van der Waals surface area contributed by atoms with Gasteiger partial charge in [0, 0.05) is 18.1 Å². The van der Waals surface area contributed by atoms with Crippen molar-refractivity contribution in [2.24, 2.45) is 5.73 Å². The molecule has 0 spiro atoms. The Morgan fingerprint density at radius 2 is 1.58 bits per heavy atom. The van der Waals surface area contributed by atoms with E-state index in [1.54, 1.807) is 49.4 Å². The first-order chi connectivity index (χ1) is 21.6. The van der Waals surface area contributed by atoms with Crippen LogP contribution in [0.2, 0.25) is 0 Å². The normalized spacial score (nSPS) is 22.3. The lowest BCUT2D eigenvalue weighted by Gasteiger charge is -2.49. The summed E-state index contributed by atoms with van der Waals surface area (Å²) in [5.74, 6) is -2.23. The Bertz CT molecular complexity index is 1570. The summed E-state index contributed by atoms with van der Waals surface area (Å²) in [5, 5.41) is 20.3. The third-order valence-electron chi connectivity index (χ3n) is 7.69. The predicted octanol–water partition coefficient (Wildman–Crippen LogP) is 1.36. The maximum atomic E-state index is 13.6. The van der Waals surface area contributed by atoms with Gasteiger partial charge in [-0.3, -0.25) is 24.1 Å². The summed E-state index contributed by atoms with van der Waals surface area (Å²) in [7, 11) is 0. The number of aliphatic carboxylic acids is 1. The van der Waals surface area contributed by atoms with E-state index in [0.717, 1.165) is 5.57 Å². The Morgan fingerprint density at radius 3 is 2.22 bits per heavy atom. The van der Waals surface area contributed by atoms with Gasteiger partial charge in [0.2, 0.25) is 11.8 Å². The number of nitrogens with two attached hydrogens (primary N) is 1. The summed E-state index contributed by atoms with van der Waals surface area (Å²) >= 11 is 2.89. The number of carbonyl (C=O) groups is 5. The van der Waals surface area contributed by atoms with Crippen molar-refractivity contribution in [2.75, 3.05) is 18.1 Å². The minimum Gasteiger partial charge on any atom is -0.477 e. The Kier molecular flexibility index (Phi) is 9.85. The maximum absolute atomic E-state index is 13.6. The van der Waals surface area contributed by atoms with E-state index < -0.39 is 47.2 Å². The van der Waals surface area contributed by atoms with Gasteiger partial charge in [-0.2, -0.15) is 0 Å². The minimum atomic E-state index is -1.19. The Labute approximate surface area is 268 Å². The molecule has 45 heavy (non-hydrogen) atoms. The second-order valence-corrected chi connectivity index (χ2v) is 13.2. The van der Waals surface area contributed by atoms with Crippen molar-refractivity contribution in [1.29, 1.82) is 0 Å². The third-order valence-corrected chi connectivity index (χ3v) is 10.4. The van der Waals surface area contributed by atoms with Crippen molar-refractivity contribution in [3.05, 3.63) is 94.3 Å². The molecule has 2 aromatic rings. The summed E-state index contributed by atoms with van der Waals surface area (Å²) in [6, 6.07) is 14.8. The van der Waals surface area contributed by atoms with Crippen LogP contribution in [0.5, 0.6) is 0 Å². The average molecular weight is 651 g/mol. The molecule has 3 heterocycles. The number of carbonyl (C=O) groups excluding carboxylic acids is 4. The van der Waals surface area contributed by atoms with Gasteiger partial charge in [0.25, 0.3) is 11.8 Å². The van der Waals surface area contributed by atoms with E-state index in [-0.39, 0.29) is 29.2 Å². The SMILES string of the molecule is CC1=C(C(=O)N[C@@H](C(=O)N[C@@H]2C(=O)N3C(C(=O)O)=C(C)CS[C@H]23)c2ccccc2)NC(CNC(=O)[C@H](N)c2ccccc2)SC1. The van der Waals surface area contributed by atoms with Crippen LogP contribution in [0.15, 0.2) is 83.2 Å². The number of hydrogen-bond acceptors (Lipinski definition) is 9. The van der Waals surface area contributed by atoms with Crippen molar-refractivity contribution < 1.29 is 29.1 Å². The number of β-lactam (4-membered cyclic amide) rings is 1. The van der Waals surface area contributed by atoms with Gasteiger partial charge in [-0.25, -0.2) is 4.79 Å². The molecule has 0 aromatic heterocycles. The molecule has 1 saturated heterocycles. The van der Waals surface area contributed by atoms with E-state index in [2.05, 4.69) is 21.3 Å². The van der Waals surface area contributed by atoms with Crippen LogP contribution in [0.4, 0.5) is 0 Å². The zero-order chi connectivity index (χ0) is 32.2. The lowest BCUT2D eigenvalue weighted by atomic mass is 10.0. The number of thioether (sulfide) groups is 2. The molecule has 5 atom stereocenters. The monoisotopic (exact) mass is 650 g/mol. The van der Waals surface area contributed by atoms with Gasteiger partial charge in [0.1, 0.15) is 34.9 Å². The van der Waals surface area contributed by atoms with E-state index >= 15 is 0 Å². The molecule has 1 unspecified atom stereocenters. The summed E-state index contributed by atoms with van der Waals surface area (Å²) in [4.78, 5) is 65.9. The molecule has 2 aromatic carbocycles. The first-order valence-corrected chi connectivity index (χ1v) is 16.4. The smallest absolute Gasteiger partial charge is 0.352 e. The molecule has 236 valence electrons. The van der Waals surface area contributed by atoms with E-state index in [1.165, 1.54) is 28.4 Å². The number of amides is 4. The number of carboxylic acids is 1. The Balaban J connectivity index is 1.24. The highest BCUT2D eigenvalue weighted by atomic mass is 32.2. The molecule has 1 fully saturated rings. The van der Waals surface area contributed by atoms with Crippen molar-refractivity contribution in [2.45, 2.75) is 42.7 Å². The number of fused-ring (bicyclic) bond motifs is 1. The average Bonchev–Trinajstić information content (AvgIpc) is 3.05. The van der Waals surface area contributed by atoms with Crippen molar-refractivity contribution in [1.82, 2.24) is 26.2 Å². The lowest BCUT2D eigenvalue weighted by molar-refractivity contribution is -0.151. The van der Waals surface area contributed by atoms with Crippen molar-refractivity contribution in [3.8, 4) is 0 Å². The molecule has 12 nitrogen and oxygen atoms in total. The molecule has 3 aliphatic heterocycles. The van der Waals surface area contributed by atoms with Crippen LogP contribution in [0, 0.1) is 0 Å². The summed E-state index contributed by atoms with van der Waals surface area (Å²) < 4.78 is 0. The van der Waals surface area contributed by atoms with Crippen LogP contribution in [0.25, 0.3) is 0 Å². The lowest BCUT2D eigenvalue weighted by Crippen LogP contribution is -2.71. The molecule has 0 aliphatic carbocycles. The van der Waals surface area contributed by atoms with E-state index in [9.17, 15) is 29.1 Å². The van der Waals surface area contributed by atoms with Crippen LogP contribution in [0.1, 0.15) is 37.1 Å². The quantitative estimate of drug-likeness (QED) is 0.205. The molecule has 14 heteroatoms. The standard InChI is InChI=1S/C31H34N6O6S2/c1-16-14-44-20(13-33-26(38)21(32)18-9-5-3-6-10-18)34-22(16)27(39)35-23(19-11-7-4-8-12-19)28(40)36-24-29(41)37-25(31(42)43)17(2)15-45-30(24)37/h3-12,20-21,23-24,30,34H,13-15,32H2,1-2H3,(H,33,38)(H,35,39)(H,36,40)(H,42,43)/t20?,21-,23-,24-,30-/m1/s1.